The SMILES string of the molecule is CC(O)CC(C)[C@H](C)CC1C(C)CCCCCC(C)C2CCCCC21. The zero-order chi connectivity index (χ0) is 18.4. The second-order valence-electron chi connectivity index (χ2n) is 10.1. The van der Waals surface area contributed by atoms with E-state index in [0.717, 1.165) is 41.9 Å². The van der Waals surface area contributed by atoms with Gasteiger partial charge in [0, 0.05) is 0 Å². The molecule has 2 saturated carbocycles. The number of hydrogen-bond donors (Lipinski definition) is 1. The lowest BCUT2D eigenvalue weighted by Crippen LogP contribution is -2.36. The van der Waals surface area contributed by atoms with Crippen molar-refractivity contribution in [3.05, 3.63) is 0 Å². The fraction of sp³-hybridized carbons (Fsp3) is 1.00. The van der Waals surface area contributed by atoms with Gasteiger partial charge in [-0.3, -0.25) is 0 Å². The molecular weight excluding hydrogens is 304 g/mol. The Kier molecular flexibility index (Phi) is 8.79. The molecule has 1 N–H and O–H groups in total. The predicted octanol–water partition coefficient (Wildman–Crippen LogP) is 7.08. The summed E-state index contributed by atoms with van der Waals surface area (Å²) in [6.45, 7) is 11.9. The standard InChI is InChI=1S/C24H46O/c1-17-11-7-6-8-12-18(2)24(23-14-10-9-13-22(17)23)16-20(4)19(3)15-21(5)25/h17-25H,6-16H2,1-5H3/t17?,18?,19?,20-,21?,22?,23?,24?/m1/s1. The van der Waals surface area contributed by atoms with Crippen LogP contribution in [0.2, 0.25) is 0 Å². The molecule has 0 bridgehead atoms. The van der Waals surface area contributed by atoms with Gasteiger partial charge in [-0.25, -0.2) is 0 Å². The van der Waals surface area contributed by atoms with Crippen LogP contribution in [-0.4, -0.2) is 11.2 Å². The molecular formula is C24H46O. The van der Waals surface area contributed by atoms with E-state index < -0.39 is 0 Å². The van der Waals surface area contributed by atoms with Crippen molar-refractivity contribution in [3.8, 4) is 0 Å². The maximum Gasteiger partial charge on any atom is 0.0514 e. The molecule has 1 heteroatoms. The van der Waals surface area contributed by atoms with Crippen molar-refractivity contribution in [1.29, 1.82) is 0 Å². The molecule has 0 spiro atoms. The van der Waals surface area contributed by atoms with E-state index in [-0.39, 0.29) is 6.10 Å². The third kappa shape index (κ3) is 6.26. The molecule has 2 rings (SSSR count). The highest BCUT2D eigenvalue weighted by molar-refractivity contribution is 4.88. The average molecular weight is 351 g/mol. The molecule has 8 atom stereocenters. The first-order valence-corrected chi connectivity index (χ1v) is 11.6. The van der Waals surface area contributed by atoms with Gasteiger partial charge in [-0.05, 0) is 74.0 Å². The topological polar surface area (TPSA) is 20.2 Å². The molecule has 2 aliphatic carbocycles. The second kappa shape index (κ2) is 10.3. The Hall–Kier alpha value is -0.0400. The van der Waals surface area contributed by atoms with Crippen molar-refractivity contribution in [1.82, 2.24) is 0 Å². The number of aliphatic hydroxyl groups excluding tert-OH is 1. The summed E-state index contributed by atoms with van der Waals surface area (Å²) in [5.74, 6) is 6.07. The van der Waals surface area contributed by atoms with Gasteiger partial charge in [0.05, 0.1) is 6.10 Å². The molecule has 1 nitrogen and oxygen atoms in total. The fourth-order valence-electron chi connectivity index (χ4n) is 6.22. The smallest absolute Gasteiger partial charge is 0.0514 e. The summed E-state index contributed by atoms with van der Waals surface area (Å²) >= 11 is 0. The summed E-state index contributed by atoms with van der Waals surface area (Å²) in [6.07, 6.45) is 15.4. The minimum atomic E-state index is -0.152. The normalized spacial score (nSPS) is 38.4. The van der Waals surface area contributed by atoms with E-state index in [1.54, 1.807) is 0 Å². The van der Waals surface area contributed by atoms with E-state index >= 15 is 0 Å². The summed E-state index contributed by atoms with van der Waals surface area (Å²) in [5.41, 5.74) is 0. The average Bonchev–Trinajstić information content (AvgIpc) is 2.57. The van der Waals surface area contributed by atoms with Gasteiger partial charge in [-0.1, -0.05) is 72.6 Å². The minimum Gasteiger partial charge on any atom is -0.393 e. The third-order valence-electron chi connectivity index (χ3n) is 8.03. The molecule has 2 aliphatic rings. The summed E-state index contributed by atoms with van der Waals surface area (Å²) < 4.78 is 0. The Balaban J connectivity index is 2.12. The molecule has 0 aromatic heterocycles. The predicted molar refractivity (Wildman–Crippen MR) is 110 cm³/mol. The lowest BCUT2D eigenvalue weighted by molar-refractivity contribution is 0.0487. The van der Waals surface area contributed by atoms with E-state index in [2.05, 4.69) is 27.7 Å². The van der Waals surface area contributed by atoms with Crippen molar-refractivity contribution < 1.29 is 5.11 Å². The zero-order valence-electron chi connectivity index (χ0n) is 17.8. The van der Waals surface area contributed by atoms with Crippen LogP contribution in [0.1, 0.15) is 105 Å². The van der Waals surface area contributed by atoms with Gasteiger partial charge in [-0.15, -0.1) is 0 Å². The Morgan fingerprint density at radius 2 is 1.28 bits per heavy atom. The highest BCUT2D eigenvalue weighted by Crippen LogP contribution is 2.47. The van der Waals surface area contributed by atoms with Gasteiger partial charge >= 0.3 is 0 Å². The maximum absolute atomic E-state index is 9.80. The van der Waals surface area contributed by atoms with Crippen molar-refractivity contribution in [2.75, 3.05) is 0 Å². The maximum atomic E-state index is 9.80. The van der Waals surface area contributed by atoms with Gasteiger partial charge in [-0.2, -0.15) is 0 Å². The molecule has 0 saturated heterocycles. The van der Waals surface area contributed by atoms with Crippen LogP contribution in [0.15, 0.2) is 0 Å². The van der Waals surface area contributed by atoms with E-state index in [4.69, 9.17) is 0 Å². The molecule has 7 unspecified atom stereocenters. The first-order chi connectivity index (χ1) is 11.9. The first-order valence-electron chi connectivity index (χ1n) is 11.6. The van der Waals surface area contributed by atoms with Crippen LogP contribution in [-0.2, 0) is 0 Å². The monoisotopic (exact) mass is 350 g/mol. The summed E-state index contributed by atoms with van der Waals surface area (Å²) in [7, 11) is 0. The highest BCUT2D eigenvalue weighted by atomic mass is 16.3. The molecule has 0 aromatic carbocycles. The second-order valence-corrected chi connectivity index (χ2v) is 10.1. The number of fused-ring (bicyclic) bond motifs is 1. The Morgan fingerprint density at radius 1 is 0.720 bits per heavy atom. The molecule has 0 radical (unpaired) electrons. The lowest BCUT2D eigenvalue weighted by Gasteiger charge is -2.45. The van der Waals surface area contributed by atoms with Crippen molar-refractivity contribution in [2.24, 2.45) is 41.4 Å². The Morgan fingerprint density at radius 3 is 1.92 bits per heavy atom. The van der Waals surface area contributed by atoms with Crippen molar-refractivity contribution in [3.63, 3.8) is 0 Å². The molecule has 148 valence electrons. The largest absolute Gasteiger partial charge is 0.393 e. The molecule has 25 heavy (non-hydrogen) atoms. The van der Waals surface area contributed by atoms with Crippen LogP contribution in [0.5, 0.6) is 0 Å². The zero-order valence-corrected chi connectivity index (χ0v) is 17.8. The van der Waals surface area contributed by atoms with E-state index in [9.17, 15) is 5.11 Å². The lowest BCUT2D eigenvalue weighted by atomic mass is 9.61. The van der Waals surface area contributed by atoms with Crippen LogP contribution in [0.4, 0.5) is 0 Å². The summed E-state index contributed by atoms with van der Waals surface area (Å²) in [4.78, 5) is 0. The van der Waals surface area contributed by atoms with Gasteiger partial charge < -0.3 is 5.11 Å². The van der Waals surface area contributed by atoms with Gasteiger partial charge in [0.25, 0.3) is 0 Å². The molecule has 0 amide bonds. The summed E-state index contributed by atoms with van der Waals surface area (Å²) in [6, 6.07) is 0. The van der Waals surface area contributed by atoms with Crippen LogP contribution < -0.4 is 0 Å². The molecule has 0 heterocycles. The molecule has 2 fully saturated rings. The number of hydrogen-bond acceptors (Lipinski definition) is 1. The van der Waals surface area contributed by atoms with E-state index in [0.29, 0.717) is 5.92 Å². The van der Waals surface area contributed by atoms with Crippen molar-refractivity contribution >= 4 is 0 Å². The van der Waals surface area contributed by atoms with Crippen LogP contribution in [0.3, 0.4) is 0 Å². The number of aliphatic hydroxyl groups is 1. The quantitative estimate of drug-likeness (QED) is 0.561. The van der Waals surface area contributed by atoms with Crippen LogP contribution in [0, 0.1) is 41.4 Å². The summed E-state index contributed by atoms with van der Waals surface area (Å²) in [5, 5.41) is 9.80. The van der Waals surface area contributed by atoms with Gasteiger partial charge in [0.1, 0.15) is 0 Å². The Labute approximate surface area is 158 Å². The van der Waals surface area contributed by atoms with E-state index in [1.807, 2.05) is 6.92 Å². The fourth-order valence-corrected chi connectivity index (χ4v) is 6.22. The van der Waals surface area contributed by atoms with Crippen LogP contribution in [0.25, 0.3) is 0 Å². The van der Waals surface area contributed by atoms with Crippen molar-refractivity contribution in [2.45, 2.75) is 111 Å². The highest BCUT2D eigenvalue weighted by Gasteiger charge is 2.38. The van der Waals surface area contributed by atoms with E-state index in [1.165, 1.54) is 64.2 Å². The first kappa shape index (κ1) is 21.3. The molecule has 0 aromatic rings. The van der Waals surface area contributed by atoms with Gasteiger partial charge in [0.2, 0.25) is 0 Å². The van der Waals surface area contributed by atoms with Gasteiger partial charge in [0.15, 0.2) is 0 Å². The molecule has 0 aliphatic heterocycles. The number of rotatable bonds is 5. The van der Waals surface area contributed by atoms with Crippen LogP contribution >= 0.6 is 0 Å². The third-order valence-corrected chi connectivity index (χ3v) is 8.03. The minimum absolute atomic E-state index is 0.152. The Bertz CT molecular complexity index is 363.